The molecule has 1 aromatic carbocycles. The van der Waals surface area contributed by atoms with Gasteiger partial charge in [-0.25, -0.2) is 0 Å². The van der Waals surface area contributed by atoms with Gasteiger partial charge < -0.3 is 15.8 Å². The second-order valence-electron chi connectivity index (χ2n) is 5.93. The fourth-order valence-corrected chi connectivity index (χ4v) is 3.61. The number of nitrogens with two attached hydrogens (primary N) is 1. The summed E-state index contributed by atoms with van der Waals surface area (Å²) in [6.07, 6.45) is 4.88. The van der Waals surface area contributed by atoms with Crippen molar-refractivity contribution in [1.82, 2.24) is 0 Å². The predicted molar refractivity (Wildman–Crippen MR) is 78.6 cm³/mol. The Labute approximate surface area is 119 Å². The Morgan fingerprint density at radius 3 is 2.65 bits per heavy atom. The van der Waals surface area contributed by atoms with Gasteiger partial charge in [-0.05, 0) is 55.4 Å². The standard InChI is InChI=1S/C16H22N2O2/c17-7-8-20-14-5-3-13(4-6-14)18-16(19)15-10-11-1-2-12(15)9-11/h3-6,11-12,15H,1-2,7-10,17H2,(H,18,19). The maximum Gasteiger partial charge on any atom is 0.227 e. The van der Waals surface area contributed by atoms with E-state index < -0.39 is 0 Å². The highest BCUT2D eigenvalue weighted by atomic mass is 16.5. The smallest absolute Gasteiger partial charge is 0.227 e. The SMILES string of the molecule is NCCOc1ccc(NC(=O)C2CC3CCC2C3)cc1. The number of rotatable bonds is 5. The first-order valence-electron chi connectivity index (χ1n) is 7.50. The molecule has 0 aromatic heterocycles. The Morgan fingerprint density at radius 1 is 1.25 bits per heavy atom. The van der Waals surface area contributed by atoms with Gasteiger partial charge in [0.1, 0.15) is 12.4 Å². The highest BCUT2D eigenvalue weighted by Gasteiger charge is 2.42. The number of fused-ring (bicyclic) bond motifs is 2. The molecule has 1 aromatic rings. The molecule has 2 aliphatic carbocycles. The van der Waals surface area contributed by atoms with Gasteiger partial charge in [-0.2, -0.15) is 0 Å². The van der Waals surface area contributed by atoms with Crippen LogP contribution >= 0.6 is 0 Å². The van der Waals surface area contributed by atoms with E-state index in [2.05, 4.69) is 5.32 Å². The minimum Gasteiger partial charge on any atom is -0.492 e. The lowest BCUT2D eigenvalue weighted by Crippen LogP contribution is -2.27. The van der Waals surface area contributed by atoms with Crippen LogP contribution in [0, 0.1) is 17.8 Å². The van der Waals surface area contributed by atoms with Crippen LogP contribution in [0.1, 0.15) is 25.7 Å². The van der Waals surface area contributed by atoms with Crippen molar-refractivity contribution in [2.75, 3.05) is 18.5 Å². The molecular formula is C16H22N2O2. The molecule has 3 rings (SSSR count). The van der Waals surface area contributed by atoms with Crippen LogP contribution in [0.4, 0.5) is 5.69 Å². The van der Waals surface area contributed by atoms with E-state index in [0.717, 1.165) is 23.8 Å². The maximum atomic E-state index is 12.3. The largest absolute Gasteiger partial charge is 0.492 e. The first-order chi connectivity index (χ1) is 9.76. The van der Waals surface area contributed by atoms with Crippen molar-refractivity contribution in [3.05, 3.63) is 24.3 Å². The normalized spacial score (nSPS) is 27.6. The zero-order valence-corrected chi connectivity index (χ0v) is 11.7. The Bertz CT molecular complexity index is 472. The zero-order valence-electron chi connectivity index (χ0n) is 11.7. The molecule has 108 valence electrons. The third-order valence-electron chi connectivity index (χ3n) is 4.58. The molecule has 2 saturated carbocycles. The molecule has 2 fully saturated rings. The van der Waals surface area contributed by atoms with Crippen LogP contribution in [-0.2, 0) is 4.79 Å². The van der Waals surface area contributed by atoms with Crippen LogP contribution in [-0.4, -0.2) is 19.1 Å². The third kappa shape index (κ3) is 2.80. The number of hydrogen-bond acceptors (Lipinski definition) is 3. The maximum absolute atomic E-state index is 12.3. The predicted octanol–water partition coefficient (Wildman–Crippen LogP) is 2.40. The van der Waals surface area contributed by atoms with Crippen molar-refractivity contribution in [1.29, 1.82) is 0 Å². The van der Waals surface area contributed by atoms with Crippen LogP contribution in [0.3, 0.4) is 0 Å². The van der Waals surface area contributed by atoms with E-state index >= 15 is 0 Å². The van der Waals surface area contributed by atoms with Gasteiger partial charge >= 0.3 is 0 Å². The van der Waals surface area contributed by atoms with Gasteiger partial charge in [-0.15, -0.1) is 0 Å². The number of nitrogens with one attached hydrogen (secondary N) is 1. The van der Waals surface area contributed by atoms with Gasteiger partial charge in [0, 0.05) is 18.2 Å². The number of benzene rings is 1. The summed E-state index contributed by atoms with van der Waals surface area (Å²) < 4.78 is 5.42. The van der Waals surface area contributed by atoms with Crippen molar-refractivity contribution in [3.63, 3.8) is 0 Å². The average Bonchev–Trinajstić information content (AvgIpc) is 3.09. The Hall–Kier alpha value is -1.55. The first-order valence-corrected chi connectivity index (χ1v) is 7.50. The lowest BCUT2D eigenvalue weighted by Gasteiger charge is -2.20. The molecule has 2 bridgehead atoms. The fourth-order valence-electron chi connectivity index (χ4n) is 3.61. The second-order valence-corrected chi connectivity index (χ2v) is 5.93. The third-order valence-corrected chi connectivity index (χ3v) is 4.58. The zero-order chi connectivity index (χ0) is 13.9. The number of amides is 1. The molecule has 20 heavy (non-hydrogen) atoms. The van der Waals surface area contributed by atoms with E-state index in [1.165, 1.54) is 19.3 Å². The van der Waals surface area contributed by atoms with Gasteiger partial charge in [0.25, 0.3) is 0 Å². The van der Waals surface area contributed by atoms with Gasteiger partial charge in [0.05, 0.1) is 0 Å². The topological polar surface area (TPSA) is 64.3 Å². The van der Waals surface area contributed by atoms with E-state index in [-0.39, 0.29) is 11.8 Å². The van der Waals surface area contributed by atoms with E-state index in [0.29, 0.717) is 19.1 Å². The summed E-state index contributed by atoms with van der Waals surface area (Å²) in [6, 6.07) is 7.51. The number of anilines is 1. The Balaban J connectivity index is 1.56. The molecule has 1 amide bonds. The highest BCUT2D eigenvalue weighted by Crippen LogP contribution is 2.48. The van der Waals surface area contributed by atoms with Crippen LogP contribution in [0.5, 0.6) is 5.75 Å². The molecule has 3 N–H and O–H groups in total. The summed E-state index contributed by atoms with van der Waals surface area (Å²) in [5.41, 5.74) is 6.23. The molecule has 4 nitrogen and oxygen atoms in total. The molecule has 0 saturated heterocycles. The summed E-state index contributed by atoms with van der Waals surface area (Å²) in [5, 5.41) is 3.03. The van der Waals surface area contributed by atoms with Crippen LogP contribution in [0.2, 0.25) is 0 Å². The van der Waals surface area contributed by atoms with Crippen molar-refractivity contribution in [3.8, 4) is 5.75 Å². The van der Waals surface area contributed by atoms with Gasteiger partial charge in [-0.1, -0.05) is 6.42 Å². The lowest BCUT2D eigenvalue weighted by atomic mass is 9.88. The fraction of sp³-hybridized carbons (Fsp3) is 0.562. The molecule has 0 radical (unpaired) electrons. The summed E-state index contributed by atoms with van der Waals surface area (Å²) in [6.45, 7) is 1.01. The van der Waals surface area contributed by atoms with E-state index in [4.69, 9.17) is 10.5 Å². The number of ether oxygens (including phenoxy) is 1. The Morgan fingerprint density at radius 2 is 2.05 bits per heavy atom. The summed E-state index contributed by atoms with van der Waals surface area (Å²) in [4.78, 5) is 12.3. The van der Waals surface area contributed by atoms with Crippen LogP contribution < -0.4 is 15.8 Å². The van der Waals surface area contributed by atoms with Crippen molar-refractivity contribution in [2.45, 2.75) is 25.7 Å². The molecule has 0 heterocycles. The molecule has 3 unspecified atom stereocenters. The van der Waals surface area contributed by atoms with E-state index in [9.17, 15) is 4.79 Å². The molecule has 2 aliphatic rings. The number of hydrogen-bond donors (Lipinski definition) is 2. The number of carbonyl (C=O) groups is 1. The average molecular weight is 274 g/mol. The van der Waals surface area contributed by atoms with E-state index in [1.54, 1.807) is 0 Å². The second kappa shape index (κ2) is 5.83. The van der Waals surface area contributed by atoms with Gasteiger partial charge in [0.15, 0.2) is 0 Å². The van der Waals surface area contributed by atoms with Crippen molar-refractivity contribution < 1.29 is 9.53 Å². The lowest BCUT2D eigenvalue weighted by molar-refractivity contribution is -0.121. The number of carbonyl (C=O) groups excluding carboxylic acids is 1. The summed E-state index contributed by atoms with van der Waals surface area (Å²) in [5.74, 6) is 2.61. The molecule has 4 heteroatoms. The van der Waals surface area contributed by atoms with Crippen LogP contribution in [0.25, 0.3) is 0 Å². The summed E-state index contributed by atoms with van der Waals surface area (Å²) in [7, 11) is 0. The molecule has 0 spiro atoms. The molecule has 3 atom stereocenters. The Kier molecular flexibility index (Phi) is 3.92. The highest BCUT2D eigenvalue weighted by molar-refractivity contribution is 5.93. The molecule has 0 aliphatic heterocycles. The molecular weight excluding hydrogens is 252 g/mol. The quantitative estimate of drug-likeness (QED) is 0.866. The monoisotopic (exact) mass is 274 g/mol. The first kappa shape index (κ1) is 13.4. The van der Waals surface area contributed by atoms with E-state index in [1.807, 2.05) is 24.3 Å². The van der Waals surface area contributed by atoms with Crippen molar-refractivity contribution >= 4 is 11.6 Å². The van der Waals surface area contributed by atoms with Gasteiger partial charge in [0.2, 0.25) is 5.91 Å². The minimum atomic E-state index is 0.188. The van der Waals surface area contributed by atoms with Gasteiger partial charge in [-0.3, -0.25) is 4.79 Å². The summed E-state index contributed by atoms with van der Waals surface area (Å²) >= 11 is 0. The minimum absolute atomic E-state index is 0.188. The van der Waals surface area contributed by atoms with Crippen molar-refractivity contribution in [2.24, 2.45) is 23.5 Å². The van der Waals surface area contributed by atoms with Crippen LogP contribution in [0.15, 0.2) is 24.3 Å².